The fraction of sp³-hybridized carbons (Fsp3) is 0. The maximum absolute atomic E-state index is 10.9. The van der Waals surface area contributed by atoms with Gasteiger partial charge in [-0.1, -0.05) is 48.5 Å². The fourth-order valence-corrected chi connectivity index (χ4v) is 6.81. The number of fused-ring (bicyclic) bond motifs is 6. The first-order valence-corrected chi connectivity index (χ1v) is 15.1. The van der Waals surface area contributed by atoms with Gasteiger partial charge in [0.2, 0.25) is 0 Å². The van der Waals surface area contributed by atoms with E-state index in [-0.39, 0.29) is 0 Å². The van der Waals surface area contributed by atoms with Gasteiger partial charge in [0.15, 0.2) is 0 Å². The molecule has 46 heavy (non-hydrogen) atoms. The summed E-state index contributed by atoms with van der Waals surface area (Å²) >= 11 is 0. The Morgan fingerprint density at radius 1 is 0.435 bits per heavy atom. The van der Waals surface area contributed by atoms with Gasteiger partial charge < -0.3 is 9.13 Å². The number of rotatable bonds is 4. The Balaban J connectivity index is 1.31. The van der Waals surface area contributed by atoms with Crippen molar-refractivity contribution in [3.05, 3.63) is 152 Å². The molecule has 0 saturated carbocycles. The number of hydrogen-bond donors (Lipinski definition) is 0. The second kappa shape index (κ2) is 10.3. The Kier molecular flexibility index (Phi) is 5.77. The van der Waals surface area contributed by atoms with Crippen molar-refractivity contribution in [3.8, 4) is 39.7 Å². The van der Waals surface area contributed by atoms with Crippen LogP contribution in [0.1, 0.15) is 5.56 Å². The Morgan fingerprint density at radius 3 is 1.33 bits per heavy atom. The molecule has 0 saturated heterocycles. The lowest BCUT2D eigenvalue weighted by Crippen LogP contribution is -2.05. The van der Waals surface area contributed by atoms with E-state index in [1.165, 1.54) is 0 Å². The van der Waals surface area contributed by atoms with Crippen LogP contribution in [0.4, 0.5) is 0 Å². The molecular formula is C40H24N6. The van der Waals surface area contributed by atoms with Gasteiger partial charge in [-0.2, -0.15) is 5.26 Å². The van der Waals surface area contributed by atoms with Crippen molar-refractivity contribution in [1.29, 1.82) is 5.26 Å². The van der Waals surface area contributed by atoms with E-state index >= 15 is 0 Å². The van der Waals surface area contributed by atoms with E-state index in [1.807, 2.05) is 61.2 Å². The summed E-state index contributed by atoms with van der Waals surface area (Å²) < 4.78 is 4.34. The molecule has 6 heteroatoms. The zero-order valence-electron chi connectivity index (χ0n) is 24.5. The molecule has 0 spiro atoms. The van der Waals surface area contributed by atoms with Gasteiger partial charge in [0.25, 0.3) is 0 Å². The number of aromatic nitrogens is 5. The SMILES string of the molecule is N#Cc1c(-n2c3ccccc3c3cc(-c4ccncc4)ccc32)cncc1-n1c2ccccc2c2cc(-c3ccncc3)ccc21. The van der Waals surface area contributed by atoms with E-state index in [4.69, 9.17) is 4.98 Å². The predicted molar refractivity (Wildman–Crippen MR) is 184 cm³/mol. The van der Waals surface area contributed by atoms with Crippen molar-refractivity contribution in [2.24, 2.45) is 0 Å². The average Bonchev–Trinajstić information content (AvgIpc) is 3.64. The van der Waals surface area contributed by atoms with E-state index in [1.54, 1.807) is 12.4 Å². The fourth-order valence-electron chi connectivity index (χ4n) is 6.81. The molecule has 0 aliphatic heterocycles. The number of nitrogens with zero attached hydrogens (tertiary/aromatic N) is 6. The third-order valence-electron chi connectivity index (χ3n) is 8.87. The number of pyridine rings is 3. The van der Waals surface area contributed by atoms with Crippen molar-refractivity contribution in [1.82, 2.24) is 24.1 Å². The van der Waals surface area contributed by atoms with Crippen molar-refractivity contribution >= 4 is 43.6 Å². The molecule has 5 heterocycles. The maximum atomic E-state index is 10.9. The van der Waals surface area contributed by atoms with Gasteiger partial charge in [-0.05, 0) is 82.9 Å². The van der Waals surface area contributed by atoms with Gasteiger partial charge in [-0.3, -0.25) is 15.0 Å². The minimum Gasteiger partial charge on any atom is -0.306 e. The second-order valence-corrected chi connectivity index (χ2v) is 11.3. The van der Waals surface area contributed by atoms with E-state index < -0.39 is 0 Å². The number of nitriles is 1. The predicted octanol–water partition coefficient (Wildman–Crippen LogP) is 9.27. The summed E-state index contributed by atoms with van der Waals surface area (Å²) in [6.07, 6.45) is 10.9. The highest BCUT2D eigenvalue weighted by molar-refractivity contribution is 6.12. The quantitative estimate of drug-likeness (QED) is 0.205. The summed E-state index contributed by atoms with van der Waals surface area (Å²) in [5.74, 6) is 0. The van der Waals surface area contributed by atoms with Crippen LogP contribution in [-0.2, 0) is 0 Å². The van der Waals surface area contributed by atoms with Crippen molar-refractivity contribution in [2.75, 3.05) is 0 Å². The van der Waals surface area contributed by atoms with Crippen molar-refractivity contribution < 1.29 is 0 Å². The summed E-state index contributed by atoms with van der Waals surface area (Å²) in [5, 5.41) is 15.3. The Morgan fingerprint density at radius 2 is 0.870 bits per heavy atom. The molecule has 0 radical (unpaired) electrons. The lowest BCUT2D eigenvalue weighted by atomic mass is 10.0. The van der Waals surface area contributed by atoms with Gasteiger partial charge in [0.05, 0.1) is 45.8 Å². The highest BCUT2D eigenvalue weighted by Crippen LogP contribution is 2.39. The van der Waals surface area contributed by atoms with Crippen LogP contribution in [-0.4, -0.2) is 24.1 Å². The van der Waals surface area contributed by atoms with E-state index in [9.17, 15) is 5.26 Å². The lowest BCUT2D eigenvalue weighted by molar-refractivity contribution is 1.07. The van der Waals surface area contributed by atoms with E-state index in [2.05, 4.69) is 98.0 Å². The molecule has 6 nitrogen and oxygen atoms in total. The molecule has 9 aromatic rings. The number of benzene rings is 4. The van der Waals surface area contributed by atoms with Crippen LogP contribution in [0.2, 0.25) is 0 Å². The zero-order chi connectivity index (χ0) is 30.6. The second-order valence-electron chi connectivity index (χ2n) is 11.3. The molecule has 0 atom stereocenters. The van der Waals surface area contributed by atoms with Crippen molar-refractivity contribution in [3.63, 3.8) is 0 Å². The third-order valence-corrected chi connectivity index (χ3v) is 8.87. The normalized spacial score (nSPS) is 11.5. The minimum atomic E-state index is 0.553. The monoisotopic (exact) mass is 588 g/mol. The summed E-state index contributed by atoms with van der Waals surface area (Å²) in [5.41, 5.74) is 10.5. The van der Waals surface area contributed by atoms with Gasteiger partial charge in [-0.15, -0.1) is 0 Å². The van der Waals surface area contributed by atoms with Crippen LogP contribution in [0.3, 0.4) is 0 Å². The lowest BCUT2D eigenvalue weighted by Gasteiger charge is -2.15. The van der Waals surface area contributed by atoms with Crippen LogP contribution < -0.4 is 0 Å². The molecule has 5 aromatic heterocycles. The summed E-state index contributed by atoms with van der Waals surface area (Å²) in [7, 11) is 0. The smallest absolute Gasteiger partial charge is 0.104 e. The first kappa shape index (κ1) is 25.9. The number of hydrogen-bond acceptors (Lipinski definition) is 4. The molecule has 0 unspecified atom stereocenters. The Hall–Kier alpha value is -6.58. The molecule has 0 aliphatic rings. The summed E-state index contributed by atoms with van der Waals surface area (Å²) in [6.45, 7) is 0. The molecule has 9 rings (SSSR count). The van der Waals surface area contributed by atoms with E-state index in [0.29, 0.717) is 5.56 Å². The molecule has 4 aromatic carbocycles. The molecule has 0 fully saturated rings. The highest BCUT2D eigenvalue weighted by Gasteiger charge is 2.21. The van der Waals surface area contributed by atoms with Crippen LogP contribution in [0, 0.1) is 11.3 Å². The van der Waals surface area contributed by atoms with Crippen LogP contribution in [0.15, 0.2) is 146 Å². The summed E-state index contributed by atoms with van der Waals surface area (Å²) in [6, 6.07) is 40.3. The molecule has 214 valence electrons. The largest absolute Gasteiger partial charge is 0.306 e. The van der Waals surface area contributed by atoms with Crippen molar-refractivity contribution in [2.45, 2.75) is 0 Å². The standard InChI is InChI=1S/C40H24N6/c41-23-34-39(45-35-7-3-1-5-30(35)32-21-28(9-11-37(32)45)26-13-17-42-18-14-26)24-44-25-40(34)46-36-8-4-2-6-31(36)33-22-29(10-12-38(33)46)27-15-19-43-20-16-27/h1-22,24-25H. The highest BCUT2D eigenvalue weighted by atomic mass is 15.0. The number of para-hydroxylation sites is 2. The van der Waals surface area contributed by atoms with Gasteiger partial charge >= 0.3 is 0 Å². The molecule has 0 aliphatic carbocycles. The van der Waals surface area contributed by atoms with E-state index in [0.717, 1.165) is 77.2 Å². The van der Waals surface area contributed by atoms with Gasteiger partial charge in [0, 0.05) is 46.3 Å². The Labute approximate surface area is 264 Å². The third kappa shape index (κ3) is 3.86. The molecule has 0 amide bonds. The molecule has 0 bridgehead atoms. The Bertz CT molecular complexity index is 2470. The molecular weight excluding hydrogens is 564 g/mol. The van der Waals surface area contributed by atoms with Gasteiger partial charge in [0.1, 0.15) is 11.6 Å². The first-order valence-electron chi connectivity index (χ1n) is 15.1. The van der Waals surface area contributed by atoms with Crippen LogP contribution in [0.25, 0.3) is 77.2 Å². The van der Waals surface area contributed by atoms with Gasteiger partial charge in [-0.25, -0.2) is 0 Å². The minimum absolute atomic E-state index is 0.553. The summed E-state index contributed by atoms with van der Waals surface area (Å²) in [4.78, 5) is 13.1. The zero-order valence-corrected chi connectivity index (χ0v) is 24.5. The van der Waals surface area contributed by atoms with Crippen LogP contribution >= 0.6 is 0 Å². The van der Waals surface area contributed by atoms with Crippen LogP contribution in [0.5, 0.6) is 0 Å². The molecule has 0 N–H and O–H groups in total. The first-order chi connectivity index (χ1) is 22.8. The average molecular weight is 589 g/mol. The topological polar surface area (TPSA) is 72.3 Å². The maximum Gasteiger partial charge on any atom is 0.104 e.